The van der Waals surface area contributed by atoms with Crippen molar-refractivity contribution in [1.82, 2.24) is 0 Å². The number of hydrogen-bond donors (Lipinski definition) is 0. The fourth-order valence-corrected chi connectivity index (χ4v) is 3.13. The van der Waals surface area contributed by atoms with E-state index in [9.17, 15) is 4.39 Å². The summed E-state index contributed by atoms with van der Waals surface area (Å²) in [5.41, 5.74) is 1.14. The number of benzene rings is 1. The quantitative estimate of drug-likeness (QED) is 0.800. The van der Waals surface area contributed by atoms with Crippen molar-refractivity contribution in [2.24, 2.45) is 5.92 Å². The van der Waals surface area contributed by atoms with E-state index in [-0.39, 0.29) is 12.1 Å². The van der Waals surface area contributed by atoms with Gasteiger partial charge in [-0.05, 0) is 49.3 Å². The minimum Gasteiger partial charge on any atom is -0.350 e. The van der Waals surface area contributed by atoms with Gasteiger partial charge in [-0.2, -0.15) is 0 Å². The molecule has 18 heavy (non-hydrogen) atoms. The van der Waals surface area contributed by atoms with Crippen molar-refractivity contribution in [3.05, 3.63) is 35.6 Å². The summed E-state index contributed by atoms with van der Waals surface area (Å²) in [7, 11) is 0. The van der Waals surface area contributed by atoms with Crippen LogP contribution in [0.15, 0.2) is 24.3 Å². The molecule has 1 aromatic rings. The lowest BCUT2D eigenvalue weighted by molar-refractivity contribution is -0.0931. The second-order valence-corrected chi connectivity index (χ2v) is 5.28. The van der Waals surface area contributed by atoms with Crippen LogP contribution >= 0.6 is 0 Å². The van der Waals surface area contributed by atoms with Crippen LogP contribution < -0.4 is 0 Å². The summed E-state index contributed by atoms with van der Waals surface area (Å²) < 4.78 is 24.3. The first kappa shape index (κ1) is 12.1. The van der Waals surface area contributed by atoms with Crippen molar-refractivity contribution in [2.75, 3.05) is 13.2 Å². The van der Waals surface area contributed by atoms with E-state index in [2.05, 4.69) is 0 Å². The van der Waals surface area contributed by atoms with Gasteiger partial charge in [-0.3, -0.25) is 0 Å². The topological polar surface area (TPSA) is 18.5 Å². The van der Waals surface area contributed by atoms with E-state index in [1.54, 1.807) is 12.1 Å². The molecule has 2 aliphatic rings. The molecule has 0 amide bonds. The van der Waals surface area contributed by atoms with Crippen LogP contribution in [0.25, 0.3) is 0 Å². The molecule has 0 aromatic heterocycles. The minimum atomic E-state index is -0.128. The van der Waals surface area contributed by atoms with Crippen LogP contribution in [0.5, 0.6) is 0 Å². The monoisotopic (exact) mass is 250 g/mol. The Labute approximate surface area is 107 Å². The normalized spacial score (nSPS) is 29.6. The molecule has 0 atom stereocenters. The zero-order valence-corrected chi connectivity index (χ0v) is 10.5. The Kier molecular flexibility index (Phi) is 3.62. The van der Waals surface area contributed by atoms with Gasteiger partial charge in [-0.1, -0.05) is 12.1 Å². The van der Waals surface area contributed by atoms with Crippen LogP contribution in [0, 0.1) is 11.7 Å². The summed E-state index contributed by atoms with van der Waals surface area (Å²) in [6, 6.07) is 7.03. The van der Waals surface area contributed by atoms with E-state index in [1.807, 2.05) is 6.07 Å². The Bertz CT molecular complexity index is 393. The van der Waals surface area contributed by atoms with E-state index >= 15 is 0 Å². The number of hydrogen-bond acceptors (Lipinski definition) is 2. The Balaban J connectivity index is 1.59. The van der Waals surface area contributed by atoms with Gasteiger partial charge in [0.2, 0.25) is 0 Å². The molecule has 3 rings (SSSR count). The highest BCUT2D eigenvalue weighted by molar-refractivity contribution is 5.21. The average Bonchev–Trinajstić information content (AvgIpc) is 2.93. The predicted molar refractivity (Wildman–Crippen MR) is 66.8 cm³/mol. The fraction of sp³-hybridized carbons (Fsp3) is 0.600. The molecule has 1 aromatic carbocycles. The minimum absolute atomic E-state index is 0.0125. The molecule has 1 saturated heterocycles. The third-order valence-corrected chi connectivity index (χ3v) is 4.12. The third kappa shape index (κ3) is 2.57. The van der Waals surface area contributed by atoms with Gasteiger partial charge in [0, 0.05) is 5.92 Å². The summed E-state index contributed by atoms with van der Waals surface area (Å²) in [6.45, 7) is 1.46. The van der Waals surface area contributed by atoms with Crippen molar-refractivity contribution in [2.45, 2.75) is 37.9 Å². The standard InChI is InChI=1S/C15H19FO2/c16-14-3-1-2-13(10-14)11-4-6-12(7-5-11)15-17-8-9-18-15/h1-3,10-12,15H,4-9H2. The number of ether oxygens (including phenoxy) is 2. The maximum absolute atomic E-state index is 13.2. The van der Waals surface area contributed by atoms with Gasteiger partial charge in [-0.25, -0.2) is 4.39 Å². The highest BCUT2D eigenvalue weighted by atomic mass is 19.1. The second kappa shape index (κ2) is 5.37. The molecule has 0 radical (unpaired) electrons. The lowest BCUT2D eigenvalue weighted by Crippen LogP contribution is -2.26. The SMILES string of the molecule is Fc1cccc(C2CCC(C3OCCO3)CC2)c1. The van der Waals surface area contributed by atoms with Crippen molar-refractivity contribution in [3.63, 3.8) is 0 Å². The van der Waals surface area contributed by atoms with Gasteiger partial charge in [0.1, 0.15) is 5.82 Å². The Hall–Kier alpha value is -0.930. The van der Waals surface area contributed by atoms with Crippen LogP contribution in [0.2, 0.25) is 0 Å². The molecule has 2 fully saturated rings. The Morgan fingerprint density at radius 1 is 1.00 bits per heavy atom. The molecule has 1 heterocycles. The number of halogens is 1. The van der Waals surface area contributed by atoms with E-state index in [4.69, 9.17) is 9.47 Å². The first-order valence-corrected chi connectivity index (χ1v) is 6.81. The van der Waals surface area contributed by atoms with Crippen LogP contribution in [0.1, 0.15) is 37.2 Å². The third-order valence-electron chi connectivity index (χ3n) is 4.12. The smallest absolute Gasteiger partial charge is 0.160 e. The van der Waals surface area contributed by atoms with E-state index in [1.165, 1.54) is 6.07 Å². The van der Waals surface area contributed by atoms with Crippen molar-refractivity contribution >= 4 is 0 Å². The van der Waals surface area contributed by atoms with Crippen molar-refractivity contribution in [1.29, 1.82) is 0 Å². The predicted octanol–water partition coefficient (Wildman–Crippen LogP) is 3.47. The summed E-state index contributed by atoms with van der Waals surface area (Å²) in [5, 5.41) is 0. The van der Waals surface area contributed by atoms with E-state index < -0.39 is 0 Å². The van der Waals surface area contributed by atoms with Gasteiger partial charge in [0.25, 0.3) is 0 Å². The molecule has 1 saturated carbocycles. The lowest BCUT2D eigenvalue weighted by Gasteiger charge is -2.31. The fourth-order valence-electron chi connectivity index (χ4n) is 3.13. The molecule has 0 unspecified atom stereocenters. The maximum Gasteiger partial charge on any atom is 0.160 e. The highest BCUT2D eigenvalue weighted by Crippen LogP contribution is 2.38. The van der Waals surface area contributed by atoms with Crippen LogP contribution in [0.4, 0.5) is 4.39 Å². The molecule has 1 aliphatic carbocycles. The summed E-state index contributed by atoms with van der Waals surface area (Å²) in [6.07, 6.45) is 4.46. The molecular formula is C15H19FO2. The molecule has 0 spiro atoms. The van der Waals surface area contributed by atoms with Gasteiger partial charge in [0.05, 0.1) is 13.2 Å². The zero-order valence-electron chi connectivity index (χ0n) is 10.5. The lowest BCUT2D eigenvalue weighted by atomic mass is 9.78. The van der Waals surface area contributed by atoms with Gasteiger partial charge in [0.15, 0.2) is 6.29 Å². The molecule has 0 bridgehead atoms. The van der Waals surface area contributed by atoms with Gasteiger partial charge < -0.3 is 9.47 Å². The first-order chi connectivity index (χ1) is 8.83. The highest BCUT2D eigenvalue weighted by Gasteiger charge is 2.31. The van der Waals surface area contributed by atoms with E-state index in [0.717, 1.165) is 44.5 Å². The van der Waals surface area contributed by atoms with Crippen LogP contribution in [0.3, 0.4) is 0 Å². The summed E-state index contributed by atoms with van der Waals surface area (Å²) in [4.78, 5) is 0. The number of rotatable bonds is 2. The van der Waals surface area contributed by atoms with E-state index in [0.29, 0.717) is 11.8 Å². The van der Waals surface area contributed by atoms with Crippen molar-refractivity contribution in [3.8, 4) is 0 Å². The summed E-state index contributed by atoms with van der Waals surface area (Å²) in [5.74, 6) is 0.896. The second-order valence-electron chi connectivity index (χ2n) is 5.28. The summed E-state index contributed by atoms with van der Waals surface area (Å²) >= 11 is 0. The van der Waals surface area contributed by atoms with Crippen molar-refractivity contribution < 1.29 is 13.9 Å². The molecular weight excluding hydrogens is 231 g/mol. The van der Waals surface area contributed by atoms with Crippen LogP contribution in [-0.4, -0.2) is 19.5 Å². The molecule has 98 valence electrons. The maximum atomic E-state index is 13.2. The average molecular weight is 250 g/mol. The molecule has 2 nitrogen and oxygen atoms in total. The van der Waals surface area contributed by atoms with Gasteiger partial charge in [-0.15, -0.1) is 0 Å². The molecule has 1 aliphatic heterocycles. The van der Waals surface area contributed by atoms with Gasteiger partial charge >= 0.3 is 0 Å². The Morgan fingerprint density at radius 2 is 1.72 bits per heavy atom. The zero-order chi connectivity index (χ0) is 12.4. The largest absolute Gasteiger partial charge is 0.350 e. The molecule has 3 heteroatoms. The van der Waals surface area contributed by atoms with Crippen LogP contribution in [-0.2, 0) is 9.47 Å². The Morgan fingerprint density at radius 3 is 2.39 bits per heavy atom. The first-order valence-electron chi connectivity index (χ1n) is 6.81. The molecule has 0 N–H and O–H groups in total.